The average Bonchev–Trinajstić information content (AvgIpc) is 2.30. The highest BCUT2D eigenvalue weighted by atomic mass is 16.5. The maximum atomic E-state index is 5.07. The van der Waals surface area contributed by atoms with Crippen molar-refractivity contribution in [3.63, 3.8) is 0 Å². The predicted molar refractivity (Wildman–Crippen MR) is 68.4 cm³/mol. The summed E-state index contributed by atoms with van der Waals surface area (Å²) in [6.07, 6.45) is 0. The van der Waals surface area contributed by atoms with Crippen LogP contribution in [0, 0.1) is 0 Å². The van der Waals surface area contributed by atoms with Crippen molar-refractivity contribution in [2.45, 2.75) is 40.3 Å². The molecule has 1 N–H and O–H groups in total. The maximum Gasteiger partial charge on any atom is 0.118 e. The monoisotopic (exact) mass is 211 g/mol. The first kappa shape index (κ1) is 14.0. The van der Waals surface area contributed by atoms with E-state index in [9.17, 15) is 0 Å². The molecule has 2 nitrogen and oxygen atoms in total. The van der Waals surface area contributed by atoms with Gasteiger partial charge in [0.25, 0.3) is 0 Å². The lowest BCUT2D eigenvalue weighted by molar-refractivity contribution is 0.414. The Bertz CT molecular complexity index is 247. The summed E-state index contributed by atoms with van der Waals surface area (Å²) >= 11 is 0. The Morgan fingerprint density at radius 3 is 2.13 bits per heavy atom. The van der Waals surface area contributed by atoms with Crippen LogP contribution in [0.4, 0.5) is 0 Å². The van der Waals surface area contributed by atoms with Gasteiger partial charge in [-0.15, -0.1) is 0 Å². The van der Waals surface area contributed by atoms with Crippen molar-refractivity contribution in [3.05, 3.63) is 29.8 Å². The number of ether oxygens (including phenoxy) is 1. The molecule has 0 aliphatic carbocycles. The fourth-order valence-electron chi connectivity index (χ4n) is 1.07. The van der Waals surface area contributed by atoms with Crippen LogP contribution in [0.2, 0.25) is 0 Å². The number of hydrogen-bond donors (Lipinski definition) is 1. The summed E-state index contributed by atoms with van der Waals surface area (Å²) in [4.78, 5) is 0. The first-order valence-electron chi connectivity index (χ1n) is 5.58. The van der Waals surface area contributed by atoms with Gasteiger partial charge in [0.1, 0.15) is 5.75 Å². The lowest BCUT2D eigenvalue weighted by atomic mass is 10.2. The normalized spacial score (nSPS) is 9.47. The summed E-state index contributed by atoms with van der Waals surface area (Å²) < 4.78 is 5.07. The molecule has 88 valence electrons. The fraction of sp³-hybridized carbons (Fsp3) is 0.538. The van der Waals surface area contributed by atoms with Gasteiger partial charge in [-0.3, -0.25) is 0 Å². The van der Waals surface area contributed by atoms with Crippen LogP contribution in [-0.2, 0) is 6.54 Å². The Labute approximate surface area is 95.1 Å². The molecule has 0 saturated carbocycles. The molecule has 0 amide bonds. The molecule has 1 aromatic carbocycles. The summed E-state index contributed by atoms with van der Waals surface area (Å²) in [5, 5.41) is 3.36. The molecule has 0 heterocycles. The van der Waals surface area contributed by atoms with Gasteiger partial charge in [0, 0.05) is 14.0 Å². The van der Waals surface area contributed by atoms with Gasteiger partial charge in [0.05, 0.1) is 7.11 Å². The molecule has 1 aromatic rings. The molecule has 2 heteroatoms. The average molecular weight is 211 g/mol. The highest BCUT2D eigenvalue weighted by Gasteiger charge is 1.95. The smallest absolute Gasteiger partial charge is 0.118 e. The summed E-state index contributed by atoms with van der Waals surface area (Å²) in [6, 6.07) is 8.65. The molecule has 1 rings (SSSR count). The summed E-state index contributed by atoms with van der Waals surface area (Å²) in [5.74, 6) is 0.910. The first-order valence-corrected chi connectivity index (χ1v) is 5.58. The van der Waals surface area contributed by atoms with Crippen LogP contribution in [0.5, 0.6) is 5.75 Å². The van der Waals surface area contributed by atoms with Crippen LogP contribution in [0.1, 0.15) is 34.7 Å². The van der Waals surface area contributed by atoms with Gasteiger partial charge >= 0.3 is 0 Å². The van der Waals surface area contributed by atoms with Crippen molar-refractivity contribution < 1.29 is 6.16 Å². The molecule has 0 aliphatic rings. The van der Waals surface area contributed by atoms with Gasteiger partial charge in [0.2, 0.25) is 0 Å². The van der Waals surface area contributed by atoms with Crippen LogP contribution in [0.3, 0.4) is 0 Å². The minimum absolute atomic E-state index is 0. The number of nitrogens with one attached hydrogen (secondary N) is 1. The van der Waals surface area contributed by atoms with E-state index in [1.54, 1.807) is 7.11 Å². The number of rotatable bonds is 4. The molecule has 0 bridgehead atoms. The number of benzene rings is 1. The Morgan fingerprint density at radius 1 is 1.20 bits per heavy atom. The van der Waals surface area contributed by atoms with Gasteiger partial charge in [-0.1, -0.05) is 39.8 Å². The highest BCUT2D eigenvalue weighted by Crippen LogP contribution is 2.10. The second-order valence-electron chi connectivity index (χ2n) is 3.38. The molecule has 0 atom stereocenters. The van der Waals surface area contributed by atoms with E-state index in [0.29, 0.717) is 6.04 Å². The SMILES string of the molecule is CC.COc1ccc(CNC(C)C)cc1.[HH]. The third-order valence-electron chi connectivity index (χ3n) is 1.87. The lowest BCUT2D eigenvalue weighted by Gasteiger charge is -2.08. The van der Waals surface area contributed by atoms with Crippen LogP contribution in [0.25, 0.3) is 0 Å². The van der Waals surface area contributed by atoms with Gasteiger partial charge < -0.3 is 10.1 Å². The molecular weight excluding hydrogens is 186 g/mol. The second kappa shape index (κ2) is 8.30. The Hall–Kier alpha value is -1.02. The zero-order valence-electron chi connectivity index (χ0n) is 10.5. The standard InChI is InChI=1S/C11H17NO.C2H6.H2/c1-9(2)12-8-10-4-6-11(13-3)7-5-10;1-2;/h4-7,9,12H,8H2,1-3H3;1-2H3;1H. The molecule has 15 heavy (non-hydrogen) atoms. The Balaban J connectivity index is 0. The van der Waals surface area contributed by atoms with Crippen molar-refractivity contribution >= 4 is 0 Å². The van der Waals surface area contributed by atoms with Crippen LogP contribution < -0.4 is 10.1 Å². The summed E-state index contributed by atoms with van der Waals surface area (Å²) in [7, 11) is 1.68. The molecule has 0 aromatic heterocycles. The maximum absolute atomic E-state index is 5.07. The molecule has 0 aliphatic heterocycles. The van der Waals surface area contributed by atoms with E-state index in [1.165, 1.54) is 5.56 Å². The fourth-order valence-corrected chi connectivity index (χ4v) is 1.07. The minimum Gasteiger partial charge on any atom is -0.497 e. The topological polar surface area (TPSA) is 21.3 Å². The minimum atomic E-state index is 0. The van der Waals surface area contributed by atoms with Crippen molar-refractivity contribution in [2.24, 2.45) is 0 Å². The molecule has 0 spiro atoms. The van der Waals surface area contributed by atoms with Gasteiger partial charge in [-0.25, -0.2) is 0 Å². The van der Waals surface area contributed by atoms with Gasteiger partial charge in [0.15, 0.2) is 0 Å². The number of hydrogen-bond acceptors (Lipinski definition) is 2. The molecule has 0 saturated heterocycles. The van der Waals surface area contributed by atoms with E-state index >= 15 is 0 Å². The summed E-state index contributed by atoms with van der Waals surface area (Å²) in [6.45, 7) is 9.20. The third-order valence-corrected chi connectivity index (χ3v) is 1.87. The number of methoxy groups -OCH3 is 1. The molecular formula is C13H25NO. The van der Waals surface area contributed by atoms with E-state index in [2.05, 4.69) is 31.3 Å². The van der Waals surface area contributed by atoms with Crippen molar-refractivity contribution in [1.82, 2.24) is 5.32 Å². The van der Waals surface area contributed by atoms with Crippen molar-refractivity contribution in [1.29, 1.82) is 0 Å². The van der Waals surface area contributed by atoms with Crippen molar-refractivity contribution in [3.8, 4) is 5.75 Å². The second-order valence-corrected chi connectivity index (χ2v) is 3.38. The zero-order chi connectivity index (χ0) is 11.7. The molecule has 0 radical (unpaired) electrons. The van der Waals surface area contributed by atoms with E-state index in [0.717, 1.165) is 12.3 Å². The van der Waals surface area contributed by atoms with E-state index in [4.69, 9.17) is 4.74 Å². The predicted octanol–water partition coefficient (Wildman–Crippen LogP) is 3.47. The van der Waals surface area contributed by atoms with E-state index < -0.39 is 0 Å². The largest absolute Gasteiger partial charge is 0.497 e. The van der Waals surface area contributed by atoms with Crippen LogP contribution >= 0.6 is 0 Å². The third kappa shape index (κ3) is 6.13. The Morgan fingerprint density at radius 2 is 1.73 bits per heavy atom. The quantitative estimate of drug-likeness (QED) is 0.823. The summed E-state index contributed by atoms with van der Waals surface area (Å²) in [5.41, 5.74) is 1.29. The highest BCUT2D eigenvalue weighted by molar-refractivity contribution is 5.26. The molecule has 0 fully saturated rings. The zero-order valence-corrected chi connectivity index (χ0v) is 10.5. The van der Waals surface area contributed by atoms with Crippen LogP contribution in [0.15, 0.2) is 24.3 Å². The van der Waals surface area contributed by atoms with Crippen LogP contribution in [-0.4, -0.2) is 13.2 Å². The molecule has 0 unspecified atom stereocenters. The van der Waals surface area contributed by atoms with Gasteiger partial charge in [-0.05, 0) is 17.7 Å². The van der Waals surface area contributed by atoms with Crippen molar-refractivity contribution in [2.75, 3.05) is 7.11 Å². The van der Waals surface area contributed by atoms with Gasteiger partial charge in [-0.2, -0.15) is 0 Å². The lowest BCUT2D eigenvalue weighted by Crippen LogP contribution is -2.21. The van der Waals surface area contributed by atoms with E-state index in [-0.39, 0.29) is 1.43 Å². The Kier molecular flexibility index (Phi) is 7.74. The first-order chi connectivity index (χ1) is 7.22. The van der Waals surface area contributed by atoms with E-state index in [1.807, 2.05) is 26.0 Å².